The molecule has 0 N–H and O–H groups in total. The van der Waals surface area contributed by atoms with Crippen molar-refractivity contribution in [1.82, 2.24) is 4.40 Å². The van der Waals surface area contributed by atoms with Crippen LogP contribution in [0, 0.1) is 0 Å². The Kier molecular flexibility index (Phi) is 7.81. The molecule has 0 aliphatic rings. The summed E-state index contributed by atoms with van der Waals surface area (Å²) in [4.78, 5) is 2.42. The highest BCUT2D eigenvalue weighted by atomic mass is 15.1. The number of aromatic nitrogens is 1. The Hall–Kier alpha value is -8.98. The highest BCUT2D eigenvalue weighted by Gasteiger charge is 2.20. The number of rotatable bonds is 5. The van der Waals surface area contributed by atoms with Crippen LogP contribution in [0.5, 0.6) is 0 Å². The maximum atomic E-state index is 2.47. The summed E-state index contributed by atoms with van der Waals surface area (Å²) in [5.41, 5.74) is 11.9. The van der Waals surface area contributed by atoms with Crippen LogP contribution in [-0.4, -0.2) is 4.40 Å². The fourth-order valence-electron chi connectivity index (χ4n) is 11.8. The third-order valence-corrected chi connectivity index (χ3v) is 14.9. The van der Waals surface area contributed by atoms with Crippen LogP contribution in [-0.2, 0) is 0 Å². The van der Waals surface area contributed by atoms with E-state index in [1.165, 1.54) is 125 Å². The molecule has 0 spiro atoms. The predicted molar refractivity (Wildman–Crippen MR) is 292 cm³/mol. The maximum Gasteiger partial charge on any atom is 0.0620 e. The number of benzene rings is 13. The van der Waals surface area contributed by atoms with E-state index >= 15 is 0 Å². The molecule has 0 unspecified atom stereocenters. The van der Waals surface area contributed by atoms with Crippen molar-refractivity contribution < 1.29 is 0 Å². The first-order chi connectivity index (χ1) is 33.7. The van der Waals surface area contributed by atoms with E-state index in [4.69, 9.17) is 0 Å². The van der Waals surface area contributed by atoms with Crippen LogP contribution in [0.4, 0.5) is 17.1 Å². The molecular formula is C66H40N2. The molecule has 0 atom stereocenters. The summed E-state index contributed by atoms with van der Waals surface area (Å²) in [7, 11) is 0. The predicted octanol–water partition coefficient (Wildman–Crippen LogP) is 18.6. The Morgan fingerprint density at radius 3 is 1.06 bits per heavy atom. The van der Waals surface area contributed by atoms with Gasteiger partial charge in [0.1, 0.15) is 0 Å². The molecule has 0 bridgehead atoms. The van der Waals surface area contributed by atoms with Crippen molar-refractivity contribution in [2.45, 2.75) is 0 Å². The van der Waals surface area contributed by atoms with Gasteiger partial charge in [-0.05, 0) is 141 Å². The summed E-state index contributed by atoms with van der Waals surface area (Å²) < 4.78 is 2.47. The van der Waals surface area contributed by atoms with Gasteiger partial charge in [-0.3, -0.25) is 0 Å². The van der Waals surface area contributed by atoms with E-state index < -0.39 is 0 Å². The summed E-state index contributed by atoms with van der Waals surface area (Å²) in [5, 5.41) is 20.5. The van der Waals surface area contributed by atoms with Gasteiger partial charge in [0.15, 0.2) is 0 Å². The molecule has 314 valence electrons. The number of hydrogen-bond acceptors (Lipinski definition) is 1. The van der Waals surface area contributed by atoms with Gasteiger partial charge in [0.05, 0.1) is 16.6 Å². The Bertz CT molecular complexity index is 4470. The van der Waals surface area contributed by atoms with Crippen LogP contribution >= 0.6 is 0 Å². The second kappa shape index (κ2) is 14.3. The third-order valence-electron chi connectivity index (χ3n) is 14.9. The Morgan fingerprint density at radius 1 is 0.206 bits per heavy atom. The summed E-state index contributed by atoms with van der Waals surface area (Å²) in [6, 6.07) is 90.1. The van der Waals surface area contributed by atoms with Crippen LogP contribution in [0.3, 0.4) is 0 Å². The summed E-state index contributed by atoms with van der Waals surface area (Å²) in [6.07, 6.45) is 0. The number of hydrogen-bond donors (Lipinski definition) is 0. The zero-order chi connectivity index (χ0) is 44.5. The van der Waals surface area contributed by atoms with Crippen molar-refractivity contribution >= 4 is 120 Å². The molecule has 2 nitrogen and oxygen atoms in total. The number of anilines is 3. The van der Waals surface area contributed by atoms with E-state index in [0.717, 1.165) is 17.1 Å². The molecule has 0 amide bonds. The lowest BCUT2D eigenvalue weighted by atomic mass is 9.92. The van der Waals surface area contributed by atoms with E-state index in [1.807, 2.05) is 0 Å². The average Bonchev–Trinajstić information content (AvgIpc) is 3.94. The van der Waals surface area contributed by atoms with Crippen molar-refractivity contribution in [3.05, 3.63) is 243 Å². The second-order valence-corrected chi connectivity index (χ2v) is 18.4. The molecule has 68 heavy (non-hydrogen) atoms. The first-order valence-electron chi connectivity index (χ1n) is 23.6. The van der Waals surface area contributed by atoms with Crippen molar-refractivity contribution in [3.8, 4) is 22.3 Å². The molecule has 0 aliphatic carbocycles. The molecule has 2 aromatic heterocycles. The lowest BCUT2D eigenvalue weighted by Crippen LogP contribution is -2.10. The molecule has 15 aromatic rings. The Balaban J connectivity index is 0.877. The Labute approximate surface area is 392 Å². The number of nitrogens with zero attached hydrogens (tertiary/aromatic N) is 2. The maximum absolute atomic E-state index is 2.47. The van der Waals surface area contributed by atoms with Gasteiger partial charge in [0.2, 0.25) is 0 Å². The van der Waals surface area contributed by atoms with E-state index in [1.54, 1.807) is 0 Å². The van der Waals surface area contributed by atoms with Gasteiger partial charge in [-0.25, -0.2) is 0 Å². The lowest BCUT2D eigenvalue weighted by molar-refractivity contribution is 1.29. The van der Waals surface area contributed by atoms with Gasteiger partial charge >= 0.3 is 0 Å². The largest absolute Gasteiger partial charge is 0.310 e. The fraction of sp³-hybridized carbons (Fsp3) is 0. The second-order valence-electron chi connectivity index (χ2n) is 18.4. The van der Waals surface area contributed by atoms with Crippen molar-refractivity contribution in [1.29, 1.82) is 0 Å². The minimum absolute atomic E-state index is 1.10. The van der Waals surface area contributed by atoms with Crippen molar-refractivity contribution in [3.63, 3.8) is 0 Å². The lowest BCUT2D eigenvalue weighted by Gasteiger charge is -2.27. The van der Waals surface area contributed by atoms with Crippen LogP contribution in [0.2, 0.25) is 0 Å². The Morgan fingerprint density at radius 2 is 0.544 bits per heavy atom. The molecule has 2 heteroatoms. The van der Waals surface area contributed by atoms with Gasteiger partial charge in [-0.1, -0.05) is 188 Å². The highest BCUT2D eigenvalue weighted by Crippen LogP contribution is 2.44. The minimum atomic E-state index is 1.10. The van der Waals surface area contributed by atoms with Gasteiger partial charge in [0, 0.05) is 38.6 Å². The molecule has 2 heterocycles. The van der Waals surface area contributed by atoms with E-state index in [9.17, 15) is 0 Å². The zero-order valence-corrected chi connectivity index (χ0v) is 37.0. The highest BCUT2D eigenvalue weighted by molar-refractivity contribution is 6.27. The van der Waals surface area contributed by atoms with Gasteiger partial charge in [0.25, 0.3) is 0 Å². The van der Waals surface area contributed by atoms with Crippen molar-refractivity contribution in [2.24, 2.45) is 0 Å². The third kappa shape index (κ3) is 5.34. The zero-order valence-electron chi connectivity index (χ0n) is 37.0. The van der Waals surface area contributed by atoms with E-state index in [2.05, 4.69) is 252 Å². The molecule has 0 radical (unpaired) electrons. The van der Waals surface area contributed by atoms with E-state index in [-0.39, 0.29) is 0 Å². The summed E-state index contributed by atoms with van der Waals surface area (Å²) in [5.74, 6) is 0. The standard InChI is InChI=1S/C66H40N2/c1-3-16-52-48(12-1)50-14-5-7-18-54(50)62-38-43(28-35-56(52)62)41-24-30-45(31-25-41)67(47-34-37-57-53-17-4-2-13-49(53)51-15-6-8-19-55(51)63(57)40-47)46-32-26-42(27-33-46)44-29-36-59-61-22-11-21-60-58-20-9-10-23-64(58)68(66(60)61)65(59)39-44/h1-40H. The van der Waals surface area contributed by atoms with Gasteiger partial charge < -0.3 is 9.30 Å². The first kappa shape index (κ1) is 37.3. The van der Waals surface area contributed by atoms with Crippen LogP contribution in [0.1, 0.15) is 0 Å². The van der Waals surface area contributed by atoms with Gasteiger partial charge in [-0.2, -0.15) is 0 Å². The topological polar surface area (TPSA) is 7.65 Å². The molecule has 0 fully saturated rings. The molecule has 0 aliphatic heterocycles. The molecular weight excluding hydrogens is 821 g/mol. The summed E-state index contributed by atoms with van der Waals surface area (Å²) >= 11 is 0. The van der Waals surface area contributed by atoms with E-state index in [0.29, 0.717) is 0 Å². The molecule has 15 rings (SSSR count). The fourth-order valence-corrected chi connectivity index (χ4v) is 11.8. The van der Waals surface area contributed by atoms with Crippen LogP contribution in [0.15, 0.2) is 243 Å². The normalized spacial score (nSPS) is 12.1. The quantitative estimate of drug-likeness (QED) is 0.156. The minimum Gasteiger partial charge on any atom is -0.310 e. The first-order valence-corrected chi connectivity index (χ1v) is 23.6. The average molecular weight is 861 g/mol. The number of para-hydroxylation sites is 2. The summed E-state index contributed by atoms with van der Waals surface area (Å²) in [6.45, 7) is 0. The monoisotopic (exact) mass is 860 g/mol. The SMILES string of the molecule is c1ccc2c(c1)c1ccccc1c1cc(-c3ccc(N(c4ccc(-c5ccc6c7cccc8c9ccccc9n(c6c5)c87)cc4)c4ccc5c6ccccc6c6ccccc6c5c4)cc3)ccc21. The molecule has 0 saturated carbocycles. The smallest absolute Gasteiger partial charge is 0.0620 e. The molecule has 13 aromatic carbocycles. The van der Waals surface area contributed by atoms with Crippen molar-refractivity contribution in [2.75, 3.05) is 4.90 Å². The van der Waals surface area contributed by atoms with Crippen LogP contribution in [0.25, 0.3) is 125 Å². The number of fused-ring (bicyclic) bond motifs is 18. The molecule has 0 saturated heterocycles. The van der Waals surface area contributed by atoms with Crippen LogP contribution < -0.4 is 4.90 Å². The van der Waals surface area contributed by atoms with Gasteiger partial charge in [-0.15, -0.1) is 0 Å².